The van der Waals surface area contributed by atoms with Crippen molar-refractivity contribution in [1.82, 2.24) is 0 Å². The van der Waals surface area contributed by atoms with E-state index in [2.05, 4.69) is 6.92 Å². The highest BCUT2D eigenvalue weighted by atomic mass is 16.5. The second kappa shape index (κ2) is 7.21. The molecule has 3 heteroatoms. The minimum absolute atomic E-state index is 0.190. The molecule has 0 amide bonds. The summed E-state index contributed by atoms with van der Waals surface area (Å²) in [6.07, 6.45) is 1.66. The molecule has 0 fully saturated rings. The van der Waals surface area contributed by atoms with E-state index in [0.29, 0.717) is 13.2 Å². The number of hydrogen-bond donors (Lipinski definition) is 1. The molecule has 86 valence electrons. The SMILES string of the molecule is CCCCOCC(O)COC(C)(C)C. The van der Waals surface area contributed by atoms with Crippen molar-refractivity contribution in [3.05, 3.63) is 0 Å². The Morgan fingerprint density at radius 3 is 2.36 bits per heavy atom. The summed E-state index contributed by atoms with van der Waals surface area (Å²) in [6.45, 7) is 9.46. The lowest BCUT2D eigenvalue weighted by Crippen LogP contribution is -2.29. The average Bonchev–Trinajstić information content (AvgIpc) is 2.08. The fourth-order valence-electron chi connectivity index (χ4n) is 0.860. The number of aliphatic hydroxyl groups is 1. The van der Waals surface area contributed by atoms with Crippen molar-refractivity contribution in [2.24, 2.45) is 0 Å². The number of aliphatic hydroxyl groups excluding tert-OH is 1. The van der Waals surface area contributed by atoms with E-state index < -0.39 is 6.10 Å². The summed E-state index contributed by atoms with van der Waals surface area (Å²) in [6, 6.07) is 0. The molecule has 1 unspecified atom stereocenters. The predicted molar refractivity (Wildman–Crippen MR) is 57.4 cm³/mol. The fraction of sp³-hybridized carbons (Fsp3) is 1.00. The van der Waals surface area contributed by atoms with Crippen molar-refractivity contribution in [1.29, 1.82) is 0 Å². The van der Waals surface area contributed by atoms with Gasteiger partial charge in [-0.15, -0.1) is 0 Å². The number of rotatable bonds is 7. The second-order valence-corrected chi connectivity index (χ2v) is 4.51. The molecule has 0 aliphatic rings. The normalized spacial score (nSPS) is 14.4. The lowest BCUT2D eigenvalue weighted by atomic mass is 10.2. The highest BCUT2D eigenvalue weighted by Crippen LogP contribution is 2.07. The zero-order valence-corrected chi connectivity index (χ0v) is 9.88. The molecule has 1 atom stereocenters. The van der Waals surface area contributed by atoms with Crippen LogP contribution in [0.15, 0.2) is 0 Å². The van der Waals surface area contributed by atoms with E-state index in [9.17, 15) is 5.11 Å². The van der Waals surface area contributed by atoms with Crippen LogP contribution in [0, 0.1) is 0 Å². The average molecular weight is 204 g/mol. The van der Waals surface area contributed by atoms with Crippen LogP contribution in [0.4, 0.5) is 0 Å². The third-order valence-electron chi connectivity index (χ3n) is 1.66. The van der Waals surface area contributed by atoms with Gasteiger partial charge in [-0.05, 0) is 27.2 Å². The first-order valence-electron chi connectivity index (χ1n) is 5.35. The lowest BCUT2D eigenvalue weighted by molar-refractivity contribution is -0.0714. The molecule has 0 saturated carbocycles. The van der Waals surface area contributed by atoms with E-state index >= 15 is 0 Å². The number of ether oxygens (including phenoxy) is 2. The molecule has 0 aromatic rings. The van der Waals surface area contributed by atoms with Crippen LogP contribution >= 0.6 is 0 Å². The van der Waals surface area contributed by atoms with Gasteiger partial charge in [-0.1, -0.05) is 13.3 Å². The Morgan fingerprint density at radius 1 is 1.21 bits per heavy atom. The fourth-order valence-corrected chi connectivity index (χ4v) is 0.860. The molecule has 0 aliphatic carbocycles. The Bertz CT molecular complexity index is 129. The van der Waals surface area contributed by atoms with Gasteiger partial charge in [-0.3, -0.25) is 0 Å². The monoisotopic (exact) mass is 204 g/mol. The van der Waals surface area contributed by atoms with Crippen LogP contribution < -0.4 is 0 Å². The first-order chi connectivity index (χ1) is 6.45. The van der Waals surface area contributed by atoms with Crippen LogP contribution in [-0.4, -0.2) is 36.6 Å². The third kappa shape index (κ3) is 9.96. The minimum atomic E-state index is -0.508. The maximum atomic E-state index is 9.46. The summed E-state index contributed by atoms with van der Waals surface area (Å²) in [4.78, 5) is 0. The smallest absolute Gasteiger partial charge is 0.101 e. The molecule has 0 rings (SSSR count). The zero-order valence-electron chi connectivity index (χ0n) is 9.88. The topological polar surface area (TPSA) is 38.7 Å². The van der Waals surface area contributed by atoms with E-state index in [1.54, 1.807) is 0 Å². The molecule has 1 N–H and O–H groups in total. The molecule has 0 radical (unpaired) electrons. The highest BCUT2D eigenvalue weighted by molar-refractivity contribution is 4.61. The summed E-state index contributed by atoms with van der Waals surface area (Å²) < 4.78 is 10.7. The minimum Gasteiger partial charge on any atom is -0.388 e. The van der Waals surface area contributed by atoms with Crippen molar-refractivity contribution >= 4 is 0 Å². The molecule has 0 bridgehead atoms. The number of hydrogen-bond acceptors (Lipinski definition) is 3. The largest absolute Gasteiger partial charge is 0.388 e. The summed E-state index contributed by atoms with van der Waals surface area (Å²) in [7, 11) is 0. The van der Waals surface area contributed by atoms with Gasteiger partial charge in [-0.25, -0.2) is 0 Å². The van der Waals surface area contributed by atoms with Crippen molar-refractivity contribution < 1.29 is 14.6 Å². The standard InChI is InChI=1S/C11H24O3/c1-5-6-7-13-8-10(12)9-14-11(2,3)4/h10,12H,5-9H2,1-4H3. The molecule has 0 aromatic carbocycles. The van der Waals surface area contributed by atoms with E-state index in [0.717, 1.165) is 19.4 Å². The molecule has 14 heavy (non-hydrogen) atoms. The van der Waals surface area contributed by atoms with Gasteiger partial charge >= 0.3 is 0 Å². The van der Waals surface area contributed by atoms with Crippen molar-refractivity contribution in [3.8, 4) is 0 Å². The summed E-state index contributed by atoms with van der Waals surface area (Å²) in [5.74, 6) is 0. The van der Waals surface area contributed by atoms with Crippen molar-refractivity contribution in [2.75, 3.05) is 19.8 Å². The van der Waals surface area contributed by atoms with Crippen molar-refractivity contribution in [3.63, 3.8) is 0 Å². The first kappa shape index (κ1) is 13.9. The van der Waals surface area contributed by atoms with E-state index in [1.165, 1.54) is 0 Å². The van der Waals surface area contributed by atoms with Gasteiger partial charge in [-0.2, -0.15) is 0 Å². The summed E-state index contributed by atoms with van der Waals surface area (Å²) in [5, 5.41) is 9.46. The lowest BCUT2D eigenvalue weighted by Gasteiger charge is -2.21. The van der Waals surface area contributed by atoms with Gasteiger partial charge in [0.05, 0.1) is 18.8 Å². The van der Waals surface area contributed by atoms with Crippen LogP contribution in [0.2, 0.25) is 0 Å². The van der Waals surface area contributed by atoms with Crippen LogP contribution in [0.5, 0.6) is 0 Å². The Hall–Kier alpha value is -0.120. The van der Waals surface area contributed by atoms with Gasteiger partial charge in [0.1, 0.15) is 6.10 Å². The Morgan fingerprint density at radius 2 is 1.86 bits per heavy atom. The molecule has 0 spiro atoms. The van der Waals surface area contributed by atoms with Gasteiger partial charge in [0, 0.05) is 6.61 Å². The molecule has 0 aromatic heterocycles. The summed E-state index contributed by atoms with van der Waals surface area (Å²) >= 11 is 0. The van der Waals surface area contributed by atoms with Gasteiger partial charge in [0.15, 0.2) is 0 Å². The maximum absolute atomic E-state index is 9.46. The summed E-state index contributed by atoms with van der Waals surface area (Å²) in [5.41, 5.74) is -0.190. The predicted octanol–water partition coefficient (Wildman–Crippen LogP) is 1.98. The van der Waals surface area contributed by atoms with Crippen molar-refractivity contribution in [2.45, 2.75) is 52.2 Å². The first-order valence-corrected chi connectivity index (χ1v) is 5.35. The molecule has 0 heterocycles. The Labute approximate surface area is 87.4 Å². The quantitative estimate of drug-likeness (QED) is 0.644. The van der Waals surface area contributed by atoms with Crippen LogP contribution in [0.25, 0.3) is 0 Å². The Balaban J connectivity index is 3.32. The highest BCUT2D eigenvalue weighted by Gasteiger charge is 2.13. The van der Waals surface area contributed by atoms with Crippen LogP contribution in [0.3, 0.4) is 0 Å². The number of unbranched alkanes of at least 4 members (excludes halogenated alkanes) is 1. The Kier molecular flexibility index (Phi) is 7.15. The molecular formula is C11H24O3. The molecule has 0 aliphatic heterocycles. The van der Waals surface area contributed by atoms with Crippen LogP contribution in [0.1, 0.15) is 40.5 Å². The van der Waals surface area contributed by atoms with Gasteiger partial charge < -0.3 is 14.6 Å². The zero-order chi connectivity index (χ0) is 11.0. The van der Waals surface area contributed by atoms with Crippen LogP contribution in [-0.2, 0) is 9.47 Å². The molecular weight excluding hydrogens is 180 g/mol. The van der Waals surface area contributed by atoms with Gasteiger partial charge in [0.25, 0.3) is 0 Å². The second-order valence-electron chi connectivity index (χ2n) is 4.51. The maximum Gasteiger partial charge on any atom is 0.101 e. The van der Waals surface area contributed by atoms with E-state index in [-0.39, 0.29) is 5.60 Å². The van der Waals surface area contributed by atoms with E-state index in [1.807, 2.05) is 20.8 Å². The molecule has 3 nitrogen and oxygen atoms in total. The molecule has 0 saturated heterocycles. The van der Waals surface area contributed by atoms with Gasteiger partial charge in [0.2, 0.25) is 0 Å². The van der Waals surface area contributed by atoms with E-state index in [4.69, 9.17) is 9.47 Å². The third-order valence-corrected chi connectivity index (χ3v) is 1.66.